The highest BCUT2D eigenvalue weighted by atomic mass is 16.3. The van der Waals surface area contributed by atoms with Gasteiger partial charge in [-0.25, -0.2) is 9.97 Å². The van der Waals surface area contributed by atoms with Gasteiger partial charge in [-0.15, -0.1) is 0 Å². The Morgan fingerprint density at radius 2 is 1.77 bits per heavy atom. The van der Waals surface area contributed by atoms with Gasteiger partial charge in [0.25, 0.3) is 0 Å². The topological polar surface area (TPSA) is 97.1 Å². The molecule has 0 saturated carbocycles. The van der Waals surface area contributed by atoms with Crippen molar-refractivity contribution in [3.63, 3.8) is 0 Å². The van der Waals surface area contributed by atoms with Gasteiger partial charge in [0.15, 0.2) is 5.43 Å². The van der Waals surface area contributed by atoms with Gasteiger partial charge in [-0.3, -0.25) is 9.59 Å². The standard InChI is InChI=1S/C24H20N4O3/c1-15-3-9-21-20(11-15)24(30)17(13-31-21)4-10-23(29)28-19-7-5-18(6-8-19)27-22-12-16(2)25-14-26-22/h3-14H,1-2H3,(H,28,29)(H,25,26,27)/b10-4+. The zero-order valence-corrected chi connectivity index (χ0v) is 17.0. The Balaban J connectivity index is 1.43. The van der Waals surface area contributed by atoms with Crippen LogP contribution in [0.5, 0.6) is 0 Å². The Kier molecular flexibility index (Phi) is 5.57. The Morgan fingerprint density at radius 3 is 2.55 bits per heavy atom. The molecule has 0 bridgehead atoms. The number of benzene rings is 2. The van der Waals surface area contributed by atoms with Crippen LogP contribution >= 0.6 is 0 Å². The lowest BCUT2D eigenvalue weighted by molar-refractivity contribution is -0.111. The number of hydrogen-bond acceptors (Lipinski definition) is 6. The quantitative estimate of drug-likeness (QED) is 0.465. The van der Waals surface area contributed by atoms with E-state index >= 15 is 0 Å². The van der Waals surface area contributed by atoms with Gasteiger partial charge in [0, 0.05) is 29.2 Å². The first-order valence-corrected chi connectivity index (χ1v) is 9.65. The molecular weight excluding hydrogens is 392 g/mol. The van der Waals surface area contributed by atoms with Crippen LogP contribution in [0, 0.1) is 13.8 Å². The van der Waals surface area contributed by atoms with Gasteiger partial charge in [-0.2, -0.15) is 0 Å². The fourth-order valence-corrected chi connectivity index (χ4v) is 3.03. The first-order valence-electron chi connectivity index (χ1n) is 9.65. The molecule has 0 spiro atoms. The Morgan fingerprint density at radius 1 is 1.00 bits per heavy atom. The first kappa shape index (κ1) is 20.0. The second kappa shape index (κ2) is 8.62. The van der Waals surface area contributed by atoms with Crippen LogP contribution in [-0.4, -0.2) is 15.9 Å². The van der Waals surface area contributed by atoms with Crippen LogP contribution in [0.4, 0.5) is 17.2 Å². The average Bonchev–Trinajstić information content (AvgIpc) is 2.75. The van der Waals surface area contributed by atoms with Gasteiger partial charge in [0.05, 0.1) is 10.9 Å². The van der Waals surface area contributed by atoms with E-state index in [1.165, 1.54) is 24.7 Å². The van der Waals surface area contributed by atoms with Crippen molar-refractivity contribution >= 4 is 40.1 Å². The maximum Gasteiger partial charge on any atom is 0.248 e. The van der Waals surface area contributed by atoms with Crippen LogP contribution in [0.1, 0.15) is 16.8 Å². The molecule has 7 heteroatoms. The predicted molar refractivity (Wildman–Crippen MR) is 121 cm³/mol. The number of amides is 1. The minimum absolute atomic E-state index is 0.176. The third-order valence-electron chi connectivity index (χ3n) is 4.60. The molecular formula is C24H20N4O3. The van der Waals surface area contributed by atoms with Gasteiger partial charge in [0.1, 0.15) is 24.0 Å². The van der Waals surface area contributed by atoms with E-state index in [1.54, 1.807) is 24.3 Å². The van der Waals surface area contributed by atoms with Crippen molar-refractivity contribution in [3.05, 3.63) is 94.2 Å². The number of rotatable bonds is 5. The van der Waals surface area contributed by atoms with E-state index in [1.807, 2.05) is 38.1 Å². The van der Waals surface area contributed by atoms with Crippen molar-refractivity contribution in [1.82, 2.24) is 9.97 Å². The van der Waals surface area contributed by atoms with Crippen LogP contribution in [0.15, 0.2) is 76.4 Å². The molecule has 154 valence electrons. The number of aryl methyl sites for hydroxylation is 2. The third-order valence-corrected chi connectivity index (χ3v) is 4.60. The molecule has 0 fully saturated rings. The normalized spacial score (nSPS) is 11.0. The zero-order valence-electron chi connectivity index (χ0n) is 17.0. The summed E-state index contributed by atoms with van der Waals surface area (Å²) in [4.78, 5) is 33.1. The number of aromatic nitrogens is 2. The molecule has 4 aromatic rings. The fraction of sp³-hybridized carbons (Fsp3) is 0.0833. The van der Waals surface area contributed by atoms with Crippen molar-refractivity contribution in [2.24, 2.45) is 0 Å². The molecule has 2 aromatic carbocycles. The number of anilines is 3. The molecule has 4 rings (SSSR count). The van der Waals surface area contributed by atoms with Crippen molar-refractivity contribution < 1.29 is 9.21 Å². The lowest BCUT2D eigenvalue weighted by atomic mass is 10.1. The number of hydrogen-bond donors (Lipinski definition) is 2. The molecule has 7 nitrogen and oxygen atoms in total. The fourth-order valence-electron chi connectivity index (χ4n) is 3.03. The lowest BCUT2D eigenvalue weighted by Crippen LogP contribution is -2.09. The molecule has 2 N–H and O–H groups in total. The third kappa shape index (κ3) is 4.84. The van der Waals surface area contributed by atoms with Gasteiger partial charge in [-0.1, -0.05) is 11.6 Å². The molecule has 0 aliphatic carbocycles. The van der Waals surface area contributed by atoms with Gasteiger partial charge in [-0.05, 0) is 56.3 Å². The van der Waals surface area contributed by atoms with E-state index in [0.717, 1.165) is 16.9 Å². The van der Waals surface area contributed by atoms with Crippen molar-refractivity contribution in [1.29, 1.82) is 0 Å². The highest BCUT2D eigenvalue weighted by Crippen LogP contribution is 2.18. The minimum atomic E-state index is -0.351. The van der Waals surface area contributed by atoms with Gasteiger partial charge < -0.3 is 15.1 Å². The second-order valence-corrected chi connectivity index (χ2v) is 7.09. The van der Waals surface area contributed by atoms with E-state index in [0.29, 0.717) is 28.0 Å². The van der Waals surface area contributed by atoms with E-state index in [-0.39, 0.29) is 11.3 Å². The summed E-state index contributed by atoms with van der Waals surface area (Å²) in [5, 5.41) is 6.43. The van der Waals surface area contributed by atoms with Crippen LogP contribution in [0.2, 0.25) is 0 Å². The molecule has 31 heavy (non-hydrogen) atoms. The number of nitrogens with zero attached hydrogens (tertiary/aromatic N) is 2. The zero-order chi connectivity index (χ0) is 21.8. The molecule has 2 heterocycles. The van der Waals surface area contributed by atoms with Crippen molar-refractivity contribution in [2.75, 3.05) is 10.6 Å². The molecule has 0 atom stereocenters. The Hall–Kier alpha value is -4.26. The summed E-state index contributed by atoms with van der Waals surface area (Å²) in [6, 6.07) is 14.5. The summed E-state index contributed by atoms with van der Waals surface area (Å²) >= 11 is 0. The summed E-state index contributed by atoms with van der Waals surface area (Å²) in [5.41, 5.74) is 3.94. The number of nitrogens with one attached hydrogen (secondary N) is 2. The summed E-state index contributed by atoms with van der Waals surface area (Å²) < 4.78 is 5.50. The van der Waals surface area contributed by atoms with Crippen molar-refractivity contribution in [2.45, 2.75) is 13.8 Å². The molecule has 1 amide bonds. The van der Waals surface area contributed by atoms with Gasteiger partial charge in [0.2, 0.25) is 5.91 Å². The minimum Gasteiger partial charge on any atom is -0.463 e. The van der Waals surface area contributed by atoms with Crippen LogP contribution in [0.3, 0.4) is 0 Å². The maximum atomic E-state index is 12.6. The highest BCUT2D eigenvalue weighted by molar-refractivity contribution is 6.02. The van der Waals surface area contributed by atoms with E-state index in [4.69, 9.17) is 4.42 Å². The Labute approximate surface area is 178 Å². The molecule has 0 radical (unpaired) electrons. The Bertz CT molecular complexity index is 1340. The summed E-state index contributed by atoms with van der Waals surface area (Å²) in [5.74, 6) is 0.340. The monoisotopic (exact) mass is 412 g/mol. The van der Waals surface area contributed by atoms with Crippen LogP contribution in [0.25, 0.3) is 17.0 Å². The van der Waals surface area contributed by atoms with E-state index in [9.17, 15) is 9.59 Å². The lowest BCUT2D eigenvalue weighted by Gasteiger charge is -2.07. The molecule has 0 unspecified atom stereocenters. The maximum absolute atomic E-state index is 12.6. The SMILES string of the molecule is Cc1ccc2occ(/C=C/C(=O)Nc3ccc(Nc4cc(C)ncn4)cc3)c(=O)c2c1. The predicted octanol–water partition coefficient (Wildman–Crippen LogP) is 4.60. The number of carbonyl (C=O) groups excluding carboxylic acids is 1. The smallest absolute Gasteiger partial charge is 0.248 e. The molecule has 0 aliphatic heterocycles. The largest absolute Gasteiger partial charge is 0.463 e. The van der Waals surface area contributed by atoms with E-state index < -0.39 is 0 Å². The highest BCUT2D eigenvalue weighted by Gasteiger charge is 2.06. The summed E-state index contributed by atoms with van der Waals surface area (Å²) in [7, 11) is 0. The average molecular weight is 412 g/mol. The number of carbonyl (C=O) groups is 1. The van der Waals surface area contributed by atoms with Gasteiger partial charge >= 0.3 is 0 Å². The first-order chi connectivity index (χ1) is 15.0. The molecule has 2 aromatic heterocycles. The van der Waals surface area contributed by atoms with Crippen LogP contribution < -0.4 is 16.1 Å². The number of fused-ring (bicyclic) bond motifs is 1. The molecule has 0 saturated heterocycles. The summed E-state index contributed by atoms with van der Waals surface area (Å²) in [6.45, 7) is 3.80. The molecule has 0 aliphatic rings. The second-order valence-electron chi connectivity index (χ2n) is 7.09. The van der Waals surface area contributed by atoms with Crippen molar-refractivity contribution in [3.8, 4) is 0 Å². The van der Waals surface area contributed by atoms with E-state index in [2.05, 4.69) is 20.6 Å². The van der Waals surface area contributed by atoms with Crippen LogP contribution in [-0.2, 0) is 4.79 Å². The summed E-state index contributed by atoms with van der Waals surface area (Å²) in [6.07, 6.45) is 5.62.